The van der Waals surface area contributed by atoms with Gasteiger partial charge in [0, 0.05) is 18.5 Å². The topological polar surface area (TPSA) is 44.1 Å². The lowest BCUT2D eigenvalue weighted by Crippen LogP contribution is -2.12. The highest BCUT2D eigenvalue weighted by Gasteiger charge is 2.16. The second kappa shape index (κ2) is 6.37. The van der Waals surface area contributed by atoms with E-state index in [1.54, 1.807) is 11.8 Å². The summed E-state index contributed by atoms with van der Waals surface area (Å²) < 4.78 is 7.06. The molecule has 1 aromatic carbocycles. The summed E-state index contributed by atoms with van der Waals surface area (Å²) >= 11 is 0. The molecule has 106 valence electrons. The molecule has 0 aliphatic rings. The average Bonchev–Trinajstić information content (AvgIpc) is 2.91. The normalized spacial score (nSPS) is 10.6. The number of ketones is 1. The van der Waals surface area contributed by atoms with Crippen LogP contribution in [-0.2, 0) is 19.4 Å². The van der Waals surface area contributed by atoms with Gasteiger partial charge < -0.3 is 4.74 Å². The van der Waals surface area contributed by atoms with E-state index in [0.29, 0.717) is 18.7 Å². The number of carbonyl (C=O) groups excluding carboxylic acids is 1. The summed E-state index contributed by atoms with van der Waals surface area (Å²) in [4.78, 5) is 12.5. The van der Waals surface area contributed by atoms with Crippen molar-refractivity contribution >= 4 is 5.78 Å². The third-order valence-corrected chi connectivity index (χ3v) is 3.32. The summed E-state index contributed by atoms with van der Waals surface area (Å²) in [6.07, 6.45) is 1.17. The van der Waals surface area contributed by atoms with E-state index in [-0.39, 0.29) is 5.78 Å². The van der Waals surface area contributed by atoms with Crippen LogP contribution < -0.4 is 4.74 Å². The molecule has 4 heteroatoms. The van der Waals surface area contributed by atoms with Crippen molar-refractivity contribution in [1.82, 2.24) is 9.78 Å². The molecule has 0 fully saturated rings. The average molecular weight is 272 g/mol. The SMILES string of the molecule is CCc1cc(C(=O)Cc2ccccc2OC)n(CC)n1. The number of nitrogens with zero attached hydrogens (tertiary/aromatic N) is 2. The van der Waals surface area contributed by atoms with Gasteiger partial charge in [0.1, 0.15) is 11.4 Å². The van der Waals surface area contributed by atoms with Crippen LogP contribution in [0.1, 0.15) is 35.6 Å². The Kier molecular flexibility index (Phi) is 4.56. The van der Waals surface area contributed by atoms with Crippen molar-refractivity contribution in [1.29, 1.82) is 0 Å². The second-order valence-corrected chi connectivity index (χ2v) is 4.60. The molecule has 1 heterocycles. The third kappa shape index (κ3) is 2.90. The Hall–Kier alpha value is -2.10. The summed E-state index contributed by atoms with van der Waals surface area (Å²) in [6.45, 7) is 4.73. The first-order valence-corrected chi connectivity index (χ1v) is 6.91. The van der Waals surface area contributed by atoms with Crippen LogP contribution in [0.4, 0.5) is 0 Å². The van der Waals surface area contributed by atoms with E-state index in [1.165, 1.54) is 0 Å². The lowest BCUT2D eigenvalue weighted by molar-refractivity contribution is 0.0982. The van der Waals surface area contributed by atoms with Gasteiger partial charge in [-0.3, -0.25) is 9.48 Å². The van der Waals surface area contributed by atoms with Gasteiger partial charge in [-0.25, -0.2) is 0 Å². The van der Waals surface area contributed by atoms with Crippen molar-refractivity contribution in [3.63, 3.8) is 0 Å². The molecular formula is C16H20N2O2. The Balaban J connectivity index is 2.26. The number of benzene rings is 1. The van der Waals surface area contributed by atoms with Crippen molar-refractivity contribution in [2.75, 3.05) is 7.11 Å². The predicted molar refractivity (Wildman–Crippen MR) is 78.3 cm³/mol. The minimum atomic E-state index is 0.0727. The lowest BCUT2D eigenvalue weighted by Gasteiger charge is -2.08. The molecule has 0 bridgehead atoms. The Labute approximate surface area is 119 Å². The van der Waals surface area contributed by atoms with E-state index in [0.717, 1.165) is 23.4 Å². The summed E-state index contributed by atoms with van der Waals surface area (Å²) in [5.41, 5.74) is 2.53. The summed E-state index contributed by atoms with van der Waals surface area (Å²) in [5, 5.41) is 4.42. The van der Waals surface area contributed by atoms with Gasteiger partial charge in [-0.05, 0) is 25.5 Å². The Morgan fingerprint density at radius 2 is 2.05 bits per heavy atom. The highest BCUT2D eigenvalue weighted by molar-refractivity contribution is 5.96. The maximum Gasteiger partial charge on any atom is 0.185 e. The molecule has 20 heavy (non-hydrogen) atoms. The van der Waals surface area contributed by atoms with Gasteiger partial charge in [-0.1, -0.05) is 25.1 Å². The number of methoxy groups -OCH3 is 1. The van der Waals surface area contributed by atoms with Crippen LogP contribution in [0.3, 0.4) is 0 Å². The third-order valence-electron chi connectivity index (χ3n) is 3.32. The number of hydrogen-bond acceptors (Lipinski definition) is 3. The smallest absolute Gasteiger partial charge is 0.185 e. The van der Waals surface area contributed by atoms with E-state index in [2.05, 4.69) is 5.10 Å². The molecule has 4 nitrogen and oxygen atoms in total. The van der Waals surface area contributed by atoms with E-state index in [1.807, 2.05) is 44.2 Å². The fourth-order valence-electron chi connectivity index (χ4n) is 2.22. The maximum absolute atomic E-state index is 12.5. The highest BCUT2D eigenvalue weighted by Crippen LogP contribution is 2.20. The first kappa shape index (κ1) is 14.3. The van der Waals surface area contributed by atoms with Crippen molar-refractivity contribution in [2.45, 2.75) is 33.2 Å². The Morgan fingerprint density at radius 3 is 2.70 bits per heavy atom. The largest absolute Gasteiger partial charge is 0.496 e. The Morgan fingerprint density at radius 1 is 1.30 bits per heavy atom. The molecule has 0 amide bonds. The number of aromatic nitrogens is 2. The monoisotopic (exact) mass is 272 g/mol. The first-order chi connectivity index (χ1) is 9.69. The van der Waals surface area contributed by atoms with E-state index in [9.17, 15) is 4.79 Å². The van der Waals surface area contributed by atoms with Crippen LogP contribution in [0.2, 0.25) is 0 Å². The van der Waals surface area contributed by atoms with Crippen LogP contribution >= 0.6 is 0 Å². The van der Waals surface area contributed by atoms with E-state index < -0.39 is 0 Å². The zero-order valence-electron chi connectivity index (χ0n) is 12.2. The van der Waals surface area contributed by atoms with Gasteiger partial charge in [0.2, 0.25) is 0 Å². The number of carbonyl (C=O) groups is 1. The summed E-state index contributed by atoms with van der Waals surface area (Å²) in [7, 11) is 1.62. The van der Waals surface area contributed by atoms with Crippen molar-refractivity contribution in [2.24, 2.45) is 0 Å². The van der Waals surface area contributed by atoms with Crippen LogP contribution in [-0.4, -0.2) is 22.7 Å². The van der Waals surface area contributed by atoms with Gasteiger partial charge in [0.25, 0.3) is 0 Å². The van der Waals surface area contributed by atoms with Crippen LogP contribution in [0.25, 0.3) is 0 Å². The van der Waals surface area contributed by atoms with Crippen LogP contribution in [0.15, 0.2) is 30.3 Å². The molecule has 0 aliphatic heterocycles. The first-order valence-electron chi connectivity index (χ1n) is 6.91. The fraction of sp³-hybridized carbons (Fsp3) is 0.375. The lowest BCUT2D eigenvalue weighted by atomic mass is 10.1. The summed E-state index contributed by atoms with van der Waals surface area (Å²) in [6, 6.07) is 9.50. The maximum atomic E-state index is 12.5. The minimum absolute atomic E-state index is 0.0727. The minimum Gasteiger partial charge on any atom is -0.496 e. The molecule has 0 saturated heterocycles. The van der Waals surface area contributed by atoms with Gasteiger partial charge >= 0.3 is 0 Å². The molecule has 0 saturated carbocycles. The number of rotatable bonds is 6. The van der Waals surface area contributed by atoms with Crippen LogP contribution in [0, 0.1) is 0 Å². The molecule has 2 aromatic rings. The number of para-hydroxylation sites is 1. The molecule has 2 rings (SSSR count). The molecule has 0 aliphatic carbocycles. The number of hydrogen-bond donors (Lipinski definition) is 0. The van der Waals surface area contributed by atoms with E-state index >= 15 is 0 Å². The van der Waals surface area contributed by atoms with Gasteiger partial charge in [0.15, 0.2) is 5.78 Å². The van der Waals surface area contributed by atoms with Gasteiger partial charge in [-0.15, -0.1) is 0 Å². The van der Waals surface area contributed by atoms with Gasteiger partial charge in [-0.2, -0.15) is 5.10 Å². The number of Topliss-reactive ketones (excluding diaryl/α,β-unsaturated/α-hetero) is 1. The zero-order chi connectivity index (χ0) is 14.5. The quantitative estimate of drug-likeness (QED) is 0.759. The van der Waals surface area contributed by atoms with Gasteiger partial charge in [0.05, 0.1) is 12.8 Å². The predicted octanol–water partition coefficient (Wildman–Crippen LogP) is 2.90. The molecule has 0 radical (unpaired) electrons. The van der Waals surface area contributed by atoms with Crippen LogP contribution in [0.5, 0.6) is 5.75 Å². The number of ether oxygens (including phenoxy) is 1. The van der Waals surface area contributed by atoms with Crippen molar-refractivity contribution in [3.05, 3.63) is 47.3 Å². The number of aryl methyl sites for hydroxylation is 2. The van der Waals surface area contributed by atoms with Crippen molar-refractivity contribution < 1.29 is 9.53 Å². The molecule has 0 atom stereocenters. The molecule has 0 unspecified atom stereocenters. The van der Waals surface area contributed by atoms with Crippen molar-refractivity contribution in [3.8, 4) is 5.75 Å². The Bertz CT molecular complexity index is 602. The fourth-order valence-corrected chi connectivity index (χ4v) is 2.22. The molecule has 0 spiro atoms. The zero-order valence-corrected chi connectivity index (χ0v) is 12.2. The standard InChI is InChI=1S/C16H20N2O2/c1-4-13-11-14(18(5-2)17-13)15(19)10-12-8-6-7-9-16(12)20-3/h6-9,11H,4-5,10H2,1-3H3. The second-order valence-electron chi connectivity index (χ2n) is 4.60. The molecule has 1 aromatic heterocycles. The molecule has 0 N–H and O–H groups in total. The van der Waals surface area contributed by atoms with E-state index in [4.69, 9.17) is 4.74 Å². The molecular weight excluding hydrogens is 252 g/mol. The highest BCUT2D eigenvalue weighted by atomic mass is 16.5. The summed E-state index contributed by atoms with van der Waals surface area (Å²) in [5.74, 6) is 0.822.